The smallest absolute Gasteiger partial charge is 0.231 e. The van der Waals surface area contributed by atoms with E-state index in [0.29, 0.717) is 6.54 Å². The Hall–Kier alpha value is -1.26. The number of rotatable bonds is 3. The number of hydrogen-bond acceptors (Lipinski definition) is 3. The number of halogens is 1. The van der Waals surface area contributed by atoms with Gasteiger partial charge < -0.3 is 10.6 Å². The lowest BCUT2D eigenvalue weighted by atomic mass is 10.2. The number of nitrogens with zero attached hydrogens (tertiary/aromatic N) is 2. The summed E-state index contributed by atoms with van der Waals surface area (Å²) in [5.41, 5.74) is 6.24. The largest absolute Gasteiger partial charge is 0.369 e. The van der Waals surface area contributed by atoms with Gasteiger partial charge in [-0.1, -0.05) is 23.7 Å². The lowest BCUT2D eigenvalue weighted by molar-refractivity contribution is -0.119. The predicted molar refractivity (Wildman–Crippen MR) is 69.3 cm³/mol. The summed E-state index contributed by atoms with van der Waals surface area (Å²) in [6, 6.07) is 7.82. The lowest BCUT2D eigenvalue weighted by Crippen LogP contribution is -2.48. The Balaban J connectivity index is 1.95. The van der Waals surface area contributed by atoms with Crippen molar-refractivity contribution < 1.29 is 4.79 Å². The Morgan fingerprint density at radius 3 is 2.47 bits per heavy atom. The highest BCUT2D eigenvalue weighted by Crippen LogP contribution is 2.25. The van der Waals surface area contributed by atoms with Crippen LogP contribution in [-0.2, 0) is 4.79 Å². The first-order chi connectivity index (χ1) is 8.16. The molecule has 92 valence electrons. The Morgan fingerprint density at radius 1 is 1.24 bits per heavy atom. The summed E-state index contributed by atoms with van der Waals surface area (Å²) in [6.45, 7) is 3.77. The van der Waals surface area contributed by atoms with Crippen molar-refractivity contribution in [2.45, 2.75) is 0 Å². The number of benzene rings is 1. The van der Waals surface area contributed by atoms with Crippen LogP contribution in [0.5, 0.6) is 0 Å². The molecule has 0 spiro atoms. The van der Waals surface area contributed by atoms with Crippen LogP contribution >= 0.6 is 11.6 Å². The van der Waals surface area contributed by atoms with Crippen molar-refractivity contribution in [1.29, 1.82) is 0 Å². The Labute approximate surface area is 106 Å². The number of carbonyl (C=O) groups is 1. The standard InChI is InChI=1S/C12H16ClN3O/c13-10-3-1-2-4-11(10)16-7-5-15(6-8-16)9-12(14)17/h1-4H,5-9H2,(H2,14,17). The van der Waals surface area contributed by atoms with Gasteiger partial charge in [0.1, 0.15) is 0 Å². The summed E-state index contributed by atoms with van der Waals surface area (Å²) in [4.78, 5) is 15.1. The molecule has 1 fully saturated rings. The summed E-state index contributed by atoms with van der Waals surface area (Å²) in [5.74, 6) is -0.267. The van der Waals surface area contributed by atoms with Crippen LogP contribution in [0.15, 0.2) is 24.3 Å². The average Bonchev–Trinajstić information content (AvgIpc) is 2.30. The second-order valence-corrected chi connectivity index (χ2v) is 4.59. The van der Waals surface area contributed by atoms with Crippen LogP contribution in [0.2, 0.25) is 5.02 Å². The van der Waals surface area contributed by atoms with E-state index in [-0.39, 0.29) is 5.91 Å². The molecule has 5 heteroatoms. The third kappa shape index (κ3) is 3.11. The molecule has 0 aliphatic carbocycles. The molecular weight excluding hydrogens is 238 g/mol. The predicted octanol–water partition coefficient (Wildman–Crippen LogP) is 0.947. The van der Waals surface area contributed by atoms with Gasteiger partial charge in [0.2, 0.25) is 5.91 Å². The van der Waals surface area contributed by atoms with E-state index in [4.69, 9.17) is 17.3 Å². The zero-order valence-corrected chi connectivity index (χ0v) is 10.4. The van der Waals surface area contributed by atoms with Gasteiger partial charge in [0, 0.05) is 26.2 Å². The number of amides is 1. The topological polar surface area (TPSA) is 49.6 Å². The van der Waals surface area contributed by atoms with E-state index >= 15 is 0 Å². The van der Waals surface area contributed by atoms with Gasteiger partial charge in [0.15, 0.2) is 0 Å². The summed E-state index contributed by atoms with van der Waals surface area (Å²) in [7, 11) is 0. The zero-order valence-electron chi connectivity index (χ0n) is 9.60. The van der Waals surface area contributed by atoms with Gasteiger partial charge in [-0.15, -0.1) is 0 Å². The van der Waals surface area contributed by atoms with Crippen molar-refractivity contribution in [2.75, 3.05) is 37.6 Å². The molecule has 0 unspecified atom stereocenters. The highest BCUT2D eigenvalue weighted by molar-refractivity contribution is 6.33. The van der Waals surface area contributed by atoms with Crippen LogP contribution in [-0.4, -0.2) is 43.5 Å². The van der Waals surface area contributed by atoms with E-state index in [2.05, 4.69) is 9.80 Å². The summed E-state index contributed by atoms with van der Waals surface area (Å²) >= 11 is 6.15. The fourth-order valence-electron chi connectivity index (χ4n) is 2.08. The fourth-order valence-corrected chi connectivity index (χ4v) is 2.33. The zero-order chi connectivity index (χ0) is 12.3. The summed E-state index contributed by atoms with van der Waals surface area (Å²) in [5, 5.41) is 0.774. The average molecular weight is 254 g/mol. The molecule has 1 saturated heterocycles. The van der Waals surface area contributed by atoms with Crippen LogP contribution in [0.3, 0.4) is 0 Å². The minimum Gasteiger partial charge on any atom is -0.369 e. The highest BCUT2D eigenvalue weighted by atomic mass is 35.5. The van der Waals surface area contributed by atoms with Crippen LogP contribution in [0, 0.1) is 0 Å². The number of nitrogens with two attached hydrogens (primary N) is 1. The Bertz CT molecular complexity index is 402. The van der Waals surface area contributed by atoms with Gasteiger partial charge >= 0.3 is 0 Å². The van der Waals surface area contributed by atoms with E-state index in [0.717, 1.165) is 36.9 Å². The van der Waals surface area contributed by atoms with Crippen molar-refractivity contribution >= 4 is 23.2 Å². The number of para-hydroxylation sites is 1. The quantitative estimate of drug-likeness (QED) is 0.873. The first-order valence-corrected chi connectivity index (χ1v) is 6.05. The fraction of sp³-hybridized carbons (Fsp3) is 0.417. The maximum absolute atomic E-state index is 10.8. The monoisotopic (exact) mass is 253 g/mol. The summed E-state index contributed by atoms with van der Waals surface area (Å²) < 4.78 is 0. The van der Waals surface area contributed by atoms with Crippen molar-refractivity contribution in [1.82, 2.24) is 4.90 Å². The first kappa shape index (κ1) is 12.2. The van der Waals surface area contributed by atoms with E-state index in [1.807, 2.05) is 24.3 Å². The molecule has 2 N–H and O–H groups in total. The van der Waals surface area contributed by atoms with Crippen LogP contribution < -0.4 is 10.6 Å². The van der Waals surface area contributed by atoms with Gasteiger partial charge in [-0.3, -0.25) is 9.69 Å². The van der Waals surface area contributed by atoms with E-state index in [1.54, 1.807) is 0 Å². The van der Waals surface area contributed by atoms with Gasteiger partial charge in [0.25, 0.3) is 0 Å². The Kier molecular flexibility index (Phi) is 3.86. The Morgan fingerprint density at radius 2 is 1.88 bits per heavy atom. The normalized spacial score (nSPS) is 17.1. The minimum absolute atomic E-state index is 0.267. The molecule has 1 aromatic carbocycles. The van der Waals surface area contributed by atoms with Gasteiger partial charge in [-0.05, 0) is 12.1 Å². The van der Waals surface area contributed by atoms with Crippen LogP contribution in [0.4, 0.5) is 5.69 Å². The number of piperazine rings is 1. The first-order valence-electron chi connectivity index (χ1n) is 5.67. The minimum atomic E-state index is -0.267. The number of primary amides is 1. The maximum Gasteiger partial charge on any atom is 0.231 e. The van der Waals surface area contributed by atoms with Gasteiger partial charge in [-0.2, -0.15) is 0 Å². The second-order valence-electron chi connectivity index (χ2n) is 4.18. The molecule has 1 aromatic rings. The molecule has 0 bridgehead atoms. The third-order valence-corrected chi connectivity index (χ3v) is 3.26. The van der Waals surface area contributed by atoms with Crippen molar-refractivity contribution in [3.63, 3.8) is 0 Å². The van der Waals surface area contributed by atoms with E-state index in [1.165, 1.54) is 0 Å². The molecule has 1 amide bonds. The SMILES string of the molecule is NC(=O)CN1CCN(c2ccccc2Cl)CC1. The molecule has 2 rings (SSSR count). The van der Waals surface area contributed by atoms with Crippen LogP contribution in [0.25, 0.3) is 0 Å². The summed E-state index contributed by atoms with van der Waals surface area (Å²) in [6.07, 6.45) is 0. The van der Waals surface area contributed by atoms with Crippen molar-refractivity contribution in [3.05, 3.63) is 29.3 Å². The molecular formula is C12H16ClN3O. The van der Waals surface area contributed by atoms with E-state index < -0.39 is 0 Å². The maximum atomic E-state index is 10.8. The number of carbonyl (C=O) groups excluding carboxylic acids is 1. The van der Waals surface area contributed by atoms with Crippen LogP contribution in [0.1, 0.15) is 0 Å². The number of hydrogen-bond donors (Lipinski definition) is 1. The van der Waals surface area contributed by atoms with E-state index in [9.17, 15) is 4.79 Å². The molecule has 1 aliphatic heterocycles. The molecule has 0 saturated carbocycles. The van der Waals surface area contributed by atoms with Crippen molar-refractivity contribution in [3.8, 4) is 0 Å². The molecule has 4 nitrogen and oxygen atoms in total. The molecule has 0 atom stereocenters. The molecule has 0 aromatic heterocycles. The molecule has 1 heterocycles. The lowest BCUT2D eigenvalue weighted by Gasteiger charge is -2.35. The molecule has 1 aliphatic rings. The third-order valence-electron chi connectivity index (χ3n) is 2.94. The number of anilines is 1. The molecule has 0 radical (unpaired) electrons. The molecule has 17 heavy (non-hydrogen) atoms. The second kappa shape index (κ2) is 5.38. The van der Waals surface area contributed by atoms with Crippen molar-refractivity contribution in [2.24, 2.45) is 5.73 Å². The van der Waals surface area contributed by atoms with Gasteiger partial charge in [-0.25, -0.2) is 0 Å². The highest BCUT2D eigenvalue weighted by Gasteiger charge is 2.19. The van der Waals surface area contributed by atoms with Gasteiger partial charge in [0.05, 0.1) is 17.3 Å².